The highest BCUT2D eigenvalue weighted by Crippen LogP contribution is 2.15. The van der Waals surface area contributed by atoms with E-state index in [0.717, 1.165) is 64.2 Å². The lowest BCUT2D eigenvalue weighted by atomic mass is 10.0. The molecule has 0 bridgehead atoms. The van der Waals surface area contributed by atoms with Gasteiger partial charge in [-0.1, -0.05) is 178 Å². The van der Waals surface area contributed by atoms with Crippen LogP contribution in [0.5, 0.6) is 0 Å². The summed E-state index contributed by atoms with van der Waals surface area (Å²) in [6, 6.07) is 0. The number of esters is 2. The molecule has 0 rings (SSSR count). The first-order chi connectivity index (χ1) is 23.6. The van der Waals surface area contributed by atoms with Crippen molar-refractivity contribution in [2.24, 2.45) is 0 Å². The Bertz CT molecular complexity index is 812. The summed E-state index contributed by atoms with van der Waals surface area (Å²) in [5.41, 5.74) is 0. The highest BCUT2D eigenvalue weighted by Gasteiger charge is 2.16. The van der Waals surface area contributed by atoms with Gasteiger partial charge in [0.2, 0.25) is 0 Å². The Morgan fingerprint density at radius 1 is 0.500 bits per heavy atom. The Morgan fingerprint density at radius 2 is 0.896 bits per heavy atom. The van der Waals surface area contributed by atoms with Gasteiger partial charge in [-0.2, -0.15) is 0 Å². The lowest BCUT2D eigenvalue weighted by molar-refractivity contribution is -0.161. The van der Waals surface area contributed by atoms with Gasteiger partial charge in [-0.05, 0) is 51.4 Å². The molecule has 1 atom stereocenters. The van der Waals surface area contributed by atoms with E-state index in [1.807, 2.05) is 0 Å². The molecule has 0 aromatic rings. The van der Waals surface area contributed by atoms with Gasteiger partial charge in [-0.3, -0.25) is 9.59 Å². The molecule has 0 heterocycles. The van der Waals surface area contributed by atoms with Crippen molar-refractivity contribution in [1.29, 1.82) is 0 Å². The summed E-state index contributed by atoms with van der Waals surface area (Å²) in [5.74, 6) is -0.636. The third-order valence-corrected chi connectivity index (χ3v) is 8.64. The summed E-state index contributed by atoms with van der Waals surface area (Å²) in [5, 5.41) is 9.55. The lowest BCUT2D eigenvalue weighted by Gasteiger charge is -2.15. The van der Waals surface area contributed by atoms with Crippen LogP contribution < -0.4 is 0 Å². The first-order valence-electron chi connectivity index (χ1n) is 20.2. The number of hydrogen-bond donors (Lipinski definition) is 1. The van der Waals surface area contributed by atoms with Crippen molar-refractivity contribution in [3.05, 3.63) is 48.6 Å². The standard InChI is InChI=1S/C43H76O5/c1-3-5-7-9-11-13-15-17-19-20-21-22-24-26-28-30-32-34-36-38-43(46)48-41(39-44)40-47-42(45)37-35-33-31-29-27-25-23-18-16-14-12-10-8-6-4-2/h6,8,12,14,18,23,27,29,41,44H,3-5,7,9-11,13,15-17,19-22,24-26,28,30-40H2,1-2H3/t41-/m0/s1. The third-order valence-electron chi connectivity index (χ3n) is 8.64. The van der Waals surface area contributed by atoms with E-state index in [4.69, 9.17) is 9.47 Å². The van der Waals surface area contributed by atoms with Gasteiger partial charge in [0, 0.05) is 12.8 Å². The topological polar surface area (TPSA) is 72.8 Å². The Kier molecular flexibility index (Phi) is 37.5. The second kappa shape index (κ2) is 39.3. The van der Waals surface area contributed by atoms with E-state index in [1.54, 1.807) is 0 Å². The molecule has 278 valence electrons. The van der Waals surface area contributed by atoms with Crippen LogP contribution in [0, 0.1) is 0 Å². The van der Waals surface area contributed by atoms with Crippen LogP contribution in [0.4, 0.5) is 0 Å². The number of allylic oxidation sites excluding steroid dienone is 8. The van der Waals surface area contributed by atoms with Crippen LogP contribution in [0.25, 0.3) is 0 Å². The normalized spacial score (nSPS) is 12.6. The number of hydrogen-bond acceptors (Lipinski definition) is 5. The van der Waals surface area contributed by atoms with Crippen molar-refractivity contribution in [3.8, 4) is 0 Å². The van der Waals surface area contributed by atoms with Gasteiger partial charge in [0.05, 0.1) is 6.61 Å². The molecular formula is C43H76O5. The average molecular weight is 673 g/mol. The highest BCUT2D eigenvalue weighted by molar-refractivity contribution is 5.70. The van der Waals surface area contributed by atoms with Crippen molar-refractivity contribution in [2.45, 2.75) is 200 Å². The van der Waals surface area contributed by atoms with Crippen LogP contribution in [-0.2, 0) is 19.1 Å². The number of carbonyl (C=O) groups is 2. The number of unbranched alkanes of at least 4 members (excludes halogenated alkanes) is 20. The fraction of sp³-hybridized carbons (Fsp3) is 0.767. The summed E-state index contributed by atoms with van der Waals surface area (Å²) in [7, 11) is 0. The second-order valence-electron chi connectivity index (χ2n) is 13.3. The minimum absolute atomic E-state index is 0.0862. The van der Waals surface area contributed by atoms with Crippen LogP contribution in [0.1, 0.15) is 194 Å². The maximum atomic E-state index is 12.2. The van der Waals surface area contributed by atoms with Crippen molar-refractivity contribution in [2.75, 3.05) is 13.2 Å². The zero-order valence-electron chi connectivity index (χ0n) is 31.5. The number of aliphatic hydroxyl groups excluding tert-OH is 1. The van der Waals surface area contributed by atoms with Gasteiger partial charge in [-0.25, -0.2) is 0 Å². The first-order valence-corrected chi connectivity index (χ1v) is 20.2. The molecule has 0 aliphatic rings. The van der Waals surface area contributed by atoms with Crippen molar-refractivity contribution in [3.63, 3.8) is 0 Å². The van der Waals surface area contributed by atoms with Gasteiger partial charge in [0.15, 0.2) is 6.10 Å². The van der Waals surface area contributed by atoms with E-state index in [9.17, 15) is 14.7 Å². The largest absolute Gasteiger partial charge is 0.462 e. The van der Waals surface area contributed by atoms with Crippen LogP contribution in [0.15, 0.2) is 48.6 Å². The zero-order chi connectivity index (χ0) is 35.0. The van der Waals surface area contributed by atoms with Gasteiger partial charge in [-0.15, -0.1) is 0 Å². The van der Waals surface area contributed by atoms with Crippen LogP contribution >= 0.6 is 0 Å². The molecule has 5 heteroatoms. The summed E-state index contributed by atoms with van der Waals surface area (Å²) in [6.45, 7) is 3.99. The Balaban J connectivity index is 3.58. The van der Waals surface area contributed by atoms with E-state index < -0.39 is 6.10 Å². The predicted molar refractivity (Wildman–Crippen MR) is 205 cm³/mol. The molecule has 5 nitrogen and oxygen atoms in total. The monoisotopic (exact) mass is 673 g/mol. The minimum Gasteiger partial charge on any atom is -0.462 e. The van der Waals surface area contributed by atoms with Gasteiger partial charge in [0.25, 0.3) is 0 Å². The van der Waals surface area contributed by atoms with Gasteiger partial charge < -0.3 is 14.6 Å². The Labute approximate surface area is 297 Å². The maximum Gasteiger partial charge on any atom is 0.306 e. The molecule has 1 N–H and O–H groups in total. The number of ether oxygens (including phenoxy) is 2. The van der Waals surface area contributed by atoms with Crippen molar-refractivity contribution >= 4 is 11.9 Å². The van der Waals surface area contributed by atoms with Crippen LogP contribution in [0.3, 0.4) is 0 Å². The highest BCUT2D eigenvalue weighted by atomic mass is 16.6. The smallest absolute Gasteiger partial charge is 0.306 e. The molecule has 0 aliphatic heterocycles. The molecule has 0 saturated carbocycles. The molecule has 0 unspecified atom stereocenters. The Hall–Kier alpha value is -2.14. The fourth-order valence-corrected chi connectivity index (χ4v) is 5.60. The van der Waals surface area contributed by atoms with E-state index in [-0.39, 0.29) is 25.2 Å². The molecule has 0 saturated heterocycles. The molecule has 0 aromatic heterocycles. The van der Waals surface area contributed by atoms with Crippen molar-refractivity contribution < 1.29 is 24.2 Å². The fourth-order valence-electron chi connectivity index (χ4n) is 5.60. The average Bonchev–Trinajstić information content (AvgIpc) is 3.09. The molecule has 48 heavy (non-hydrogen) atoms. The van der Waals surface area contributed by atoms with Crippen molar-refractivity contribution in [1.82, 2.24) is 0 Å². The first kappa shape index (κ1) is 45.9. The molecule has 0 spiro atoms. The lowest BCUT2D eigenvalue weighted by Crippen LogP contribution is -2.28. The maximum absolute atomic E-state index is 12.2. The minimum atomic E-state index is -0.786. The van der Waals surface area contributed by atoms with E-state index in [1.165, 1.54) is 103 Å². The molecule has 0 amide bonds. The predicted octanol–water partition coefficient (Wildman–Crippen LogP) is 12.6. The molecular weight excluding hydrogens is 596 g/mol. The second-order valence-corrected chi connectivity index (χ2v) is 13.3. The SMILES string of the molecule is CCC=CCC=CCC=CCC=CCCCCC(=O)OC[C@H](CO)OC(=O)CCCCCCCCCCCCCCCCCCCCC. The van der Waals surface area contributed by atoms with Gasteiger partial charge >= 0.3 is 11.9 Å². The summed E-state index contributed by atoms with van der Waals surface area (Å²) >= 11 is 0. The van der Waals surface area contributed by atoms with E-state index in [0.29, 0.717) is 12.8 Å². The summed E-state index contributed by atoms with van der Waals surface area (Å²) in [4.78, 5) is 24.2. The number of rotatable bonds is 36. The number of carbonyl (C=O) groups excluding carboxylic acids is 2. The Morgan fingerprint density at radius 3 is 1.35 bits per heavy atom. The van der Waals surface area contributed by atoms with E-state index >= 15 is 0 Å². The summed E-state index contributed by atoms with van der Waals surface area (Å²) in [6.07, 6.45) is 48.9. The number of aliphatic hydroxyl groups is 1. The molecule has 0 radical (unpaired) electrons. The molecule has 0 aliphatic carbocycles. The van der Waals surface area contributed by atoms with Gasteiger partial charge in [0.1, 0.15) is 6.61 Å². The van der Waals surface area contributed by atoms with Crippen LogP contribution in [-0.4, -0.2) is 36.4 Å². The van der Waals surface area contributed by atoms with Crippen LogP contribution in [0.2, 0.25) is 0 Å². The quantitative estimate of drug-likeness (QED) is 0.0407. The molecule has 0 aromatic carbocycles. The van der Waals surface area contributed by atoms with E-state index in [2.05, 4.69) is 62.5 Å². The third kappa shape index (κ3) is 36.7. The summed E-state index contributed by atoms with van der Waals surface area (Å²) < 4.78 is 10.6. The molecule has 0 fully saturated rings. The zero-order valence-corrected chi connectivity index (χ0v) is 31.5.